The van der Waals surface area contributed by atoms with Gasteiger partial charge in [-0.3, -0.25) is 14.9 Å². The van der Waals surface area contributed by atoms with E-state index in [0.717, 1.165) is 23.6 Å². The minimum Gasteiger partial charge on any atom is -0.480 e. The van der Waals surface area contributed by atoms with E-state index in [4.69, 9.17) is 0 Å². The molecule has 0 aromatic heterocycles. The number of benzene rings is 1. The van der Waals surface area contributed by atoms with Crippen molar-refractivity contribution in [3.8, 4) is 0 Å². The fourth-order valence-electron chi connectivity index (χ4n) is 4.34. The molecule has 0 radical (unpaired) electrons. The monoisotopic (exact) mass is 382 g/mol. The van der Waals surface area contributed by atoms with Crippen molar-refractivity contribution in [1.29, 1.82) is 0 Å². The summed E-state index contributed by atoms with van der Waals surface area (Å²) in [7, 11) is -4.07. The molecule has 142 valence electrons. The number of sulfonamides is 1. The van der Waals surface area contributed by atoms with Crippen LogP contribution in [0.5, 0.6) is 0 Å². The highest BCUT2D eigenvalue weighted by Gasteiger charge is 2.51. The number of carbonyl (C=O) groups is 1. The van der Waals surface area contributed by atoms with Crippen molar-refractivity contribution in [1.82, 2.24) is 4.31 Å². The lowest BCUT2D eigenvalue weighted by Crippen LogP contribution is -2.46. The standard InChI is InChI=1S/C17H22N2O6S/c1-10-8-16(11(2)7-14(10)19(22)23)26(24,25)18-13-6-4-3-5-12(13)9-15(18)17(20)21/h7-8,12-13,15H,3-6,9H2,1-2H3,(H,20,21). The molecule has 1 saturated carbocycles. The first kappa shape index (κ1) is 18.8. The first-order valence-corrected chi connectivity index (χ1v) is 10.1. The molecule has 9 heteroatoms. The van der Waals surface area contributed by atoms with Crippen LogP contribution in [0.4, 0.5) is 5.69 Å². The number of rotatable bonds is 4. The molecule has 0 amide bonds. The van der Waals surface area contributed by atoms with Crippen molar-refractivity contribution in [2.24, 2.45) is 5.92 Å². The highest BCUT2D eigenvalue weighted by Crippen LogP contribution is 2.43. The quantitative estimate of drug-likeness (QED) is 0.632. The van der Waals surface area contributed by atoms with Gasteiger partial charge in [-0.2, -0.15) is 4.31 Å². The molecule has 1 saturated heterocycles. The van der Waals surface area contributed by atoms with E-state index < -0.39 is 27.0 Å². The highest BCUT2D eigenvalue weighted by molar-refractivity contribution is 7.89. The summed E-state index contributed by atoms with van der Waals surface area (Å²) >= 11 is 0. The maximum atomic E-state index is 13.4. The smallest absolute Gasteiger partial charge is 0.322 e. The normalized spacial score (nSPS) is 26.5. The first-order chi connectivity index (χ1) is 12.1. The number of carboxylic acid groups (broad SMARTS) is 1. The van der Waals surface area contributed by atoms with Gasteiger partial charge in [0.2, 0.25) is 10.0 Å². The zero-order valence-electron chi connectivity index (χ0n) is 14.7. The van der Waals surface area contributed by atoms with Gasteiger partial charge < -0.3 is 5.11 Å². The average Bonchev–Trinajstić information content (AvgIpc) is 2.96. The summed E-state index contributed by atoms with van der Waals surface area (Å²) in [5.41, 5.74) is 0.351. The van der Waals surface area contributed by atoms with E-state index in [1.165, 1.54) is 26.0 Å². The fourth-order valence-corrected chi connectivity index (χ4v) is 6.50. The summed E-state index contributed by atoms with van der Waals surface area (Å²) in [5, 5.41) is 20.7. The molecule has 1 aliphatic heterocycles. The van der Waals surface area contributed by atoms with Gasteiger partial charge in [0.25, 0.3) is 5.69 Å². The molecule has 1 N–H and O–H groups in total. The molecule has 1 heterocycles. The first-order valence-electron chi connectivity index (χ1n) is 8.66. The Bertz CT molecular complexity index is 866. The van der Waals surface area contributed by atoms with E-state index in [9.17, 15) is 28.4 Å². The van der Waals surface area contributed by atoms with E-state index in [1.807, 2.05) is 0 Å². The molecule has 0 bridgehead atoms. The second-order valence-corrected chi connectivity index (χ2v) is 9.01. The molecular weight excluding hydrogens is 360 g/mol. The van der Waals surface area contributed by atoms with Crippen LogP contribution >= 0.6 is 0 Å². The maximum absolute atomic E-state index is 13.4. The molecule has 1 aliphatic carbocycles. The number of nitrogens with zero attached hydrogens (tertiary/aromatic N) is 2. The van der Waals surface area contributed by atoms with Gasteiger partial charge in [-0.25, -0.2) is 8.42 Å². The summed E-state index contributed by atoms with van der Waals surface area (Å²) in [6.07, 6.45) is 3.66. The van der Waals surface area contributed by atoms with E-state index in [0.29, 0.717) is 12.8 Å². The molecule has 1 aromatic carbocycles. The largest absolute Gasteiger partial charge is 0.480 e. The van der Waals surface area contributed by atoms with Crippen LogP contribution < -0.4 is 0 Å². The molecule has 26 heavy (non-hydrogen) atoms. The van der Waals surface area contributed by atoms with E-state index >= 15 is 0 Å². The van der Waals surface area contributed by atoms with Crippen molar-refractivity contribution >= 4 is 21.7 Å². The Labute approximate surface area is 152 Å². The fraction of sp³-hybridized carbons (Fsp3) is 0.588. The van der Waals surface area contributed by atoms with Gasteiger partial charge in [-0.15, -0.1) is 0 Å². The zero-order valence-corrected chi connectivity index (χ0v) is 15.5. The number of aryl methyl sites for hydroxylation is 2. The topological polar surface area (TPSA) is 118 Å². The lowest BCUT2D eigenvalue weighted by molar-refractivity contribution is -0.385. The number of nitro groups is 1. The summed E-state index contributed by atoms with van der Waals surface area (Å²) < 4.78 is 27.9. The maximum Gasteiger partial charge on any atom is 0.322 e. The zero-order chi connectivity index (χ0) is 19.2. The SMILES string of the molecule is Cc1cc(S(=O)(=O)N2C(C(=O)O)CC3CCCCC32)c(C)cc1[N+](=O)[O-]. The summed E-state index contributed by atoms with van der Waals surface area (Å²) in [5.74, 6) is -1.08. The Hall–Kier alpha value is -2.00. The second kappa shape index (κ2) is 6.62. The minimum absolute atomic E-state index is 0.0435. The number of nitro benzene ring substituents is 1. The lowest BCUT2D eigenvalue weighted by Gasteiger charge is -2.32. The van der Waals surface area contributed by atoms with Crippen molar-refractivity contribution in [3.63, 3.8) is 0 Å². The lowest BCUT2D eigenvalue weighted by atomic mass is 9.85. The molecular formula is C17H22N2O6S. The number of hydrogen-bond acceptors (Lipinski definition) is 5. The number of carboxylic acids is 1. The number of fused-ring (bicyclic) bond motifs is 1. The Morgan fingerprint density at radius 2 is 1.88 bits per heavy atom. The Kier molecular flexibility index (Phi) is 4.78. The molecule has 3 rings (SSSR count). The predicted octanol–water partition coefficient (Wildman–Crippen LogP) is 2.62. The predicted molar refractivity (Wildman–Crippen MR) is 93.4 cm³/mol. The third-order valence-corrected chi connectivity index (χ3v) is 7.64. The highest BCUT2D eigenvalue weighted by atomic mass is 32.2. The molecule has 1 aromatic rings. The molecule has 2 aliphatic rings. The van der Waals surface area contributed by atoms with Crippen molar-refractivity contribution in [3.05, 3.63) is 33.4 Å². The van der Waals surface area contributed by atoms with Gasteiger partial charge in [0, 0.05) is 17.7 Å². The van der Waals surface area contributed by atoms with Gasteiger partial charge in [0.05, 0.1) is 9.82 Å². The average molecular weight is 382 g/mol. The van der Waals surface area contributed by atoms with Gasteiger partial charge in [0.15, 0.2) is 0 Å². The number of hydrogen-bond donors (Lipinski definition) is 1. The second-order valence-electron chi connectivity index (χ2n) is 7.20. The van der Waals surface area contributed by atoms with Crippen LogP contribution in [0.2, 0.25) is 0 Å². The summed E-state index contributed by atoms with van der Waals surface area (Å²) in [6, 6.07) is 1.14. The van der Waals surface area contributed by atoms with Gasteiger partial charge in [-0.1, -0.05) is 12.8 Å². The van der Waals surface area contributed by atoms with Crippen molar-refractivity contribution < 1.29 is 23.2 Å². The summed E-state index contributed by atoms with van der Waals surface area (Å²) in [6.45, 7) is 2.99. The molecule has 8 nitrogen and oxygen atoms in total. The Balaban J connectivity index is 2.10. The summed E-state index contributed by atoms with van der Waals surface area (Å²) in [4.78, 5) is 22.2. The van der Waals surface area contributed by atoms with Gasteiger partial charge >= 0.3 is 5.97 Å². The van der Waals surface area contributed by atoms with E-state index in [-0.39, 0.29) is 33.7 Å². The third kappa shape index (κ3) is 2.99. The molecule has 2 fully saturated rings. The van der Waals surface area contributed by atoms with Crippen molar-refractivity contribution in [2.45, 2.75) is 62.9 Å². The minimum atomic E-state index is -4.07. The number of aliphatic carboxylic acids is 1. The van der Waals surface area contributed by atoms with Crippen LogP contribution in [0.1, 0.15) is 43.2 Å². The van der Waals surface area contributed by atoms with Crippen LogP contribution in [0.25, 0.3) is 0 Å². The molecule has 3 unspecified atom stereocenters. The van der Waals surface area contributed by atoms with Crippen LogP contribution in [0, 0.1) is 29.9 Å². The van der Waals surface area contributed by atoms with Gasteiger partial charge in [0.1, 0.15) is 6.04 Å². The van der Waals surface area contributed by atoms with Crippen molar-refractivity contribution in [2.75, 3.05) is 0 Å². The van der Waals surface area contributed by atoms with E-state index in [1.54, 1.807) is 0 Å². The van der Waals surface area contributed by atoms with Crippen LogP contribution in [-0.4, -0.2) is 40.8 Å². The third-order valence-electron chi connectivity index (χ3n) is 5.56. The van der Waals surface area contributed by atoms with Crippen LogP contribution in [0.3, 0.4) is 0 Å². The Morgan fingerprint density at radius 3 is 2.50 bits per heavy atom. The van der Waals surface area contributed by atoms with Crippen LogP contribution in [-0.2, 0) is 14.8 Å². The Morgan fingerprint density at radius 1 is 1.23 bits per heavy atom. The molecule has 0 spiro atoms. The van der Waals surface area contributed by atoms with Gasteiger partial charge in [-0.05, 0) is 50.7 Å². The van der Waals surface area contributed by atoms with E-state index in [2.05, 4.69) is 0 Å². The molecule has 3 atom stereocenters. The van der Waals surface area contributed by atoms with Crippen LogP contribution in [0.15, 0.2) is 17.0 Å².